The highest BCUT2D eigenvalue weighted by Gasteiger charge is 2.21. The van der Waals surface area contributed by atoms with E-state index in [1.807, 2.05) is 13.8 Å². The molecule has 0 fully saturated rings. The zero-order chi connectivity index (χ0) is 16.9. The highest BCUT2D eigenvalue weighted by atomic mass is 14.3. The van der Waals surface area contributed by atoms with Crippen molar-refractivity contribution in [3.8, 4) is 0 Å². The molecule has 0 nitrogen and oxygen atoms in total. The Labute approximate surface area is 138 Å². The molecule has 1 atom stereocenters. The minimum atomic E-state index is 0.618. The number of allylic oxidation sites excluding steroid dienone is 4. The van der Waals surface area contributed by atoms with E-state index in [0.29, 0.717) is 11.8 Å². The number of benzene rings is 1. The summed E-state index contributed by atoms with van der Waals surface area (Å²) in [5.41, 5.74) is 9.08. The van der Waals surface area contributed by atoms with Crippen molar-refractivity contribution >= 4 is 5.57 Å². The Bertz CT molecular complexity index is 555. The van der Waals surface area contributed by atoms with Crippen LogP contribution in [0, 0.1) is 18.8 Å². The van der Waals surface area contributed by atoms with Crippen molar-refractivity contribution in [1.82, 2.24) is 0 Å². The first-order chi connectivity index (χ1) is 10.5. The van der Waals surface area contributed by atoms with Gasteiger partial charge in [-0.25, -0.2) is 0 Å². The number of aryl methyl sites for hydroxylation is 1. The van der Waals surface area contributed by atoms with Crippen molar-refractivity contribution in [3.63, 3.8) is 0 Å². The Hall–Kier alpha value is -1.30. The number of hydrogen-bond donors (Lipinski definition) is 0. The van der Waals surface area contributed by atoms with Crippen LogP contribution in [0.25, 0.3) is 5.57 Å². The molecule has 0 spiro atoms. The molecule has 0 saturated heterocycles. The molecule has 0 heterocycles. The largest absolute Gasteiger partial charge is 0.0693 e. The summed E-state index contributed by atoms with van der Waals surface area (Å²) in [4.78, 5) is 0. The second-order valence-electron chi connectivity index (χ2n) is 6.55. The Balaban J connectivity index is 0.00000116. The van der Waals surface area contributed by atoms with Gasteiger partial charge >= 0.3 is 0 Å². The lowest BCUT2D eigenvalue weighted by atomic mass is 9.77. The molecule has 0 bridgehead atoms. The van der Waals surface area contributed by atoms with Crippen molar-refractivity contribution in [3.05, 3.63) is 52.1 Å². The van der Waals surface area contributed by atoms with Crippen LogP contribution in [0.15, 0.2) is 35.4 Å². The molecular weight excluding hydrogens is 264 g/mol. The summed E-state index contributed by atoms with van der Waals surface area (Å²) < 4.78 is 0. The number of hydrogen-bond acceptors (Lipinski definition) is 0. The summed E-state index contributed by atoms with van der Waals surface area (Å²) in [6.07, 6.45) is 4.80. The third-order valence-electron chi connectivity index (χ3n) is 4.64. The fraction of sp³-hybridized carbons (Fsp3) is 0.545. The van der Waals surface area contributed by atoms with Gasteiger partial charge in [0.25, 0.3) is 0 Å². The van der Waals surface area contributed by atoms with Gasteiger partial charge < -0.3 is 0 Å². The molecule has 1 aliphatic carbocycles. The highest BCUT2D eigenvalue weighted by molar-refractivity contribution is 5.74. The molecule has 0 saturated carbocycles. The standard InChI is InChI=1S/C20H28.C2H6/c1-7-17-14(4)9-8-10-18(17)20-12-19(13(2)3)15(5)11-16(20)6;1-2/h8-10,12-13,16H,7,11H2,1-6H3;1-2H3. The van der Waals surface area contributed by atoms with Crippen molar-refractivity contribution in [2.24, 2.45) is 11.8 Å². The Morgan fingerprint density at radius 1 is 1.14 bits per heavy atom. The summed E-state index contributed by atoms with van der Waals surface area (Å²) in [5, 5.41) is 0. The van der Waals surface area contributed by atoms with Crippen molar-refractivity contribution in [1.29, 1.82) is 0 Å². The Morgan fingerprint density at radius 2 is 1.77 bits per heavy atom. The van der Waals surface area contributed by atoms with Gasteiger partial charge in [0.2, 0.25) is 0 Å². The van der Waals surface area contributed by atoms with Crippen LogP contribution in [0.4, 0.5) is 0 Å². The van der Waals surface area contributed by atoms with E-state index in [0.717, 1.165) is 6.42 Å². The van der Waals surface area contributed by atoms with Crippen molar-refractivity contribution in [2.75, 3.05) is 0 Å². The number of rotatable bonds is 3. The SMILES string of the molecule is CC.CCc1c(C)cccc1C1=CC(C(C)C)=C(C)CC1C. The van der Waals surface area contributed by atoms with Gasteiger partial charge in [-0.05, 0) is 66.4 Å². The first-order valence-electron chi connectivity index (χ1n) is 8.95. The second-order valence-corrected chi connectivity index (χ2v) is 6.55. The zero-order valence-corrected chi connectivity index (χ0v) is 15.9. The molecule has 1 unspecified atom stereocenters. The molecule has 0 aromatic heterocycles. The normalized spacial score (nSPS) is 18.0. The summed E-state index contributed by atoms with van der Waals surface area (Å²) in [7, 11) is 0. The lowest BCUT2D eigenvalue weighted by Gasteiger charge is -2.28. The average Bonchev–Trinajstić information content (AvgIpc) is 2.49. The molecule has 22 heavy (non-hydrogen) atoms. The molecule has 1 aliphatic rings. The van der Waals surface area contributed by atoms with Crippen LogP contribution >= 0.6 is 0 Å². The predicted molar refractivity (Wildman–Crippen MR) is 101 cm³/mol. The summed E-state index contributed by atoms with van der Waals surface area (Å²) in [6, 6.07) is 6.76. The maximum atomic E-state index is 2.47. The zero-order valence-electron chi connectivity index (χ0n) is 15.9. The van der Waals surface area contributed by atoms with Gasteiger partial charge in [0, 0.05) is 0 Å². The van der Waals surface area contributed by atoms with E-state index in [4.69, 9.17) is 0 Å². The fourth-order valence-corrected chi connectivity index (χ4v) is 3.56. The van der Waals surface area contributed by atoms with Gasteiger partial charge in [-0.2, -0.15) is 0 Å². The quantitative estimate of drug-likeness (QED) is 0.564. The molecule has 1 aromatic rings. The maximum absolute atomic E-state index is 2.47. The van der Waals surface area contributed by atoms with Gasteiger partial charge in [-0.1, -0.05) is 71.4 Å². The molecule has 0 N–H and O–H groups in total. The lowest BCUT2D eigenvalue weighted by Crippen LogP contribution is -2.11. The minimum absolute atomic E-state index is 0.618. The second kappa shape index (κ2) is 8.36. The molecule has 2 rings (SSSR count). The van der Waals surface area contributed by atoms with Gasteiger partial charge in [-0.15, -0.1) is 0 Å². The molecule has 0 aliphatic heterocycles. The van der Waals surface area contributed by atoms with E-state index in [1.165, 1.54) is 23.1 Å². The van der Waals surface area contributed by atoms with Crippen LogP contribution in [0.5, 0.6) is 0 Å². The molecular formula is C22H34. The van der Waals surface area contributed by atoms with E-state index in [-0.39, 0.29) is 0 Å². The van der Waals surface area contributed by atoms with E-state index in [1.54, 1.807) is 16.7 Å². The van der Waals surface area contributed by atoms with Gasteiger partial charge in [-0.3, -0.25) is 0 Å². The summed E-state index contributed by atoms with van der Waals surface area (Å²) >= 11 is 0. The van der Waals surface area contributed by atoms with E-state index in [2.05, 4.69) is 65.8 Å². The monoisotopic (exact) mass is 298 g/mol. The van der Waals surface area contributed by atoms with Crippen LogP contribution in [-0.2, 0) is 6.42 Å². The van der Waals surface area contributed by atoms with Gasteiger partial charge in [0.05, 0.1) is 0 Å². The first kappa shape index (κ1) is 18.7. The minimum Gasteiger partial charge on any atom is -0.0693 e. The van der Waals surface area contributed by atoms with Crippen molar-refractivity contribution < 1.29 is 0 Å². The predicted octanol–water partition coefficient (Wildman–Crippen LogP) is 6.98. The maximum Gasteiger partial charge on any atom is -0.0147 e. The molecule has 0 heteroatoms. The molecule has 0 radical (unpaired) electrons. The van der Waals surface area contributed by atoms with Crippen LogP contribution in [0.1, 0.15) is 71.6 Å². The van der Waals surface area contributed by atoms with Gasteiger partial charge in [0.15, 0.2) is 0 Å². The van der Waals surface area contributed by atoms with Crippen molar-refractivity contribution in [2.45, 2.75) is 68.2 Å². The Kier molecular flexibility index (Phi) is 7.13. The summed E-state index contributed by atoms with van der Waals surface area (Å²) in [5.74, 6) is 1.25. The van der Waals surface area contributed by atoms with Gasteiger partial charge in [0.1, 0.15) is 0 Å². The van der Waals surface area contributed by atoms with Crippen LogP contribution in [0.2, 0.25) is 0 Å². The third kappa shape index (κ3) is 3.91. The average molecular weight is 299 g/mol. The molecule has 1 aromatic carbocycles. The summed E-state index contributed by atoms with van der Waals surface area (Å²) in [6.45, 7) is 17.8. The topological polar surface area (TPSA) is 0 Å². The molecule has 122 valence electrons. The first-order valence-corrected chi connectivity index (χ1v) is 8.95. The van der Waals surface area contributed by atoms with Crippen LogP contribution in [0.3, 0.4) is 0 Å². The van der Waals surface area contributed by atoms with E-state index < -0.39 is 0 Å². The Morgan fingerprint density at radius 3 is 2.32 bits per heavy atom. The third-order valence-corrected chi connectivity index (χ3v) is 4.64. The smallest absolute Gasteiger partial charge is 0.0147 e. The van der Waals surface area contributed by atoms with E-state index in [9.17, 15) is 0 Å². The fourth-order valence-electron chi connectivity index (χ4n) is 3.56. The highest BCUT2D eigenvalue weighted by Crippen LogP contribution is 2.39. The van der Waals surface area contributed by atoms with Crippen LogP contribution in [-0.4, -0.2) is 0 Å². The van der Waals surface area contributed by atoms with E-state index >= 15 is 0 Å². The van der Waals surface area contributed by atoms with Crippen LogP contribution < -0.4 is 0 Å². The lowest BCUT2D eigenvalue weighted by molar-refractivity contribution is 0.682. The molecule has 0 amide bonds.